The van der Waals surface area contributed by atoms with Crippen molar-refractivity contribution in [2.75, 3.05) is 0 Å². The van der Waals surface area contributed by atoms with E-state index in [0.717, 1.165) is 22.6 Å². The van der Waals surface area contributed by atoms with Gasteiger partial charge in [0.15, 0.2) is 0 Å². The van der Waals surface area contributed by atoms with Crippen molar-refractivity contribution in [2.24, 2.45) is 5.10 Å². The van der Waals surface area contributed by atoms with Crippen molar-refractivity contribution in [2.45, 2.75) is 6.92 Å². The highest BCUT2D eigenvalue weighted by molar-refractivity contribution is 6.35. The smallest absolute Gasteiger partial charge is 0.271 e. The van der Waals surface area contributed by atoms with Crippen LogP contribution in [0.3, 0.4) is 0 Å². The molecule has 5 aromatic rings. The molecule has 2 aromatic heterocycles. The van der Waals surface area contributed by atoms with Gasteiger partial charge in [0.05, 0.1) is 16.9 Å². The molecule has 2 heterocycles. The molecular formula is C29H21Cl2N3O2. The van der Waals surface area contributed by atoms with Gasteiger partial charge in [0.1, 0.15) is 11.5 Å². The second kappa shape index (κ2) is 10.3. The van der Waals surface area contributed by atoms with Crippen LogP contribution in [-0.2, 0) is 0 Å². The minimum atomic E-state index is -0.324. The van der Waals surface area contributed by atoms with E-state index in [1.54, 1.807) is 42.5 Å². The lowest BCUT2D eigenvalue weighted by atomic mass is 10.1. The maximum absolute atomic E-state index is 12.6. The van der Waals surface area contributed by atoms with E-state index in [1.165, 1.54) is 6.21 Å². The summed E-state index contributed by atoms with van der Waals surface area (Å²) in [7, 11) is 0. The molecule has 0 saturated heterocycles. The monoisotopic (exact) mass is 513 g/mol. The molecule has 0 fully saturated rings. The third kappa shape index (κ3) is 4.98. The number of aromatic nitrogens is 1. The van der Waals surface area contributed by atoms with Gasteiger partial charge in [-0.2, -0.15) is 5.10 Å². The number of benzene rings is 3. The zero-order valence-corrected chi connectivity index (χ0v) is 20.8. The van der Waals surface area contributed by atoms with E-state index >= 15 is 0 Å². The largest absolute Gasteiger partial charge is 0.455 e. The van der Waals surface area contributed by atoms with E-state index < -0.39 is 0 Å². The highest BCUT2D eigenvalue weighted by atomic mass is 35.5. The lowest BCUT2D eigenvalue weighted by Gasteiger charge is -2.12. The van der Waals surface area contributed by atoms with E-state index in [1.807, 2.05) is 30.3 Å². The minimum absolute atomic E-state index is 0.324. The Morgan fingerprint density at radius 2 is 1.69 bits per heavy atom. The van der Waals surface area contributed by atoms with Crippen LogP contribution in [0.5, 0.6) is 0 Å². The quantitative estimate of drug-likeness (QED) is 0.186. The molecule has 0 spiro atoms. The SMILES string of the molecule is Cc1ccc(-c2ccccc2)n1-c1ccc(C(=O)N/N=C/c2ccc(-c3cc(Cl)ccc3Cl)o2)cc1. The summed E-state index contributed by atoms with van der Waals surface area (Å²) < 4.78 is 7.93. The van der Waals surface area contributed by atoms with Crippen LogP contribution < -0.4 is 5.43 Å². The van der Waals surface area contributed by atoms with Crippen molar-refractivity contribution in [1.29, 1.82) is 0 Å². The van der Waals surface area contributed by atoms with Crippen molar-refractivity contribution >= 4 is 35.3 Å². The van der Waals surface area contributed by atoms with Crippen LogP contribution in [0.15, 0.2) is 107 Å². The lowest BCUT2D eigenvalue weighted by molar-refractivity contribution is 0.0955. The second-order valence-corrected chi connectivity index (χ2v) is 8.98. The third-order valence-corrected chi connectivity index (χ3v) is 6.28. The molecule has 178 valence electrons. The van der Waals surface area contributed by atoms with Gasteiger partial charge in [-0.25, -0.2) is 5.43 Å². The first-order chi connectivity index (χ1) is 17.5. The Labute approximate surface area is 218 Å². The normalized spacial score (nSPS) is 11.2. The van der Waals surface area contributed by atoms with Crippen LogP contribution in [0, 0.1) is 6.92 Å². The van der Waals surface area contributed by atoms with Gasteiger partial charge in [-0.05, 0) is 79.2 Å². The Hall–Kier alpha value is -4.06. The third-order valence-electron chi connectivity index (χ3n) is 5.71. The molecule has 0 saturated carbocycles. The number of amides is 1. The molecule has 0 aliphatic heterocycles. The number of halogens is 2. The molecule has 1 amide bonds. The van der Waals surface area contributed by atoms with Crippen LogP contribution in [0.2, 0.25) is 10.0 Å². The summed E-state index contributed by atoms with van der Waals surface area (Å²) in [5.41, 5.74) is 8.00. The van der Waals surface area contributed by atoms with E-state index in [2.05, 4.69) is 46.3 Å². The number of hydrazone groups is 1. The Bertz CT molecular complexity index is 1550. The molecule has 0 unspecified atom stereocenters. The van der Waals surface area contributed by atoms with Gasteiger partial charge >= 0.3 is 0 Å². The van der Waals surface area contributed by atoms with Gasteiger partial charge in [0, 0.05) is 27.5 Å². The van der Waals surface area contributed by atoms with Crippen molar-refractivity contribution in [1.82, 2.24) is 9.99 Å². The minimum Gasteiger partial charge on any atom is -0.455 e. The van der Waals surface area contributed by atoms with Crippen molar-refractivity contribution in [3.05, 3.63) is 124 Å². The van der Waals surface area contributed by atoms with Crippen molar-refractivity contribution < 1.29 is 9.21 Å². The standard InChI is InChI=1S/C29H21Cl2N3O2/c1-19-7-15-27(20-5-3-2-4-6-20)34(19)23-11-8-21(9-12-23)29(35)33-32-18-24-13-16-28(36-24)25-17-22(30)10-14-26(25)31/h2-18H,1H3,(H,33,35)/b32-18+. The molecule has 0 atom stereocenters. The summed E-state index contributed by atoms with van der Waals surface area (Å²) in [6, 6.07) is 30.4. The fraction of sp³-hybridized carbons (Fsp3) is 0.0345. The Kier molecular flexibility index (Phi) is 6.76. The fourth-order valence-corrected chi connectivity index (χ4v) is 4.33. The van der Waals surface area contributed by atoms with Crippen molar-refractivity contribution in [3.63, 3.8) is 0 Å². The number of aryl methyl sites for hydroxylation is 1. The molecule has 7 heteroatoms. The first kappa shape index (κ1) is 23.7. The topological polar surface area (TPSA) is 59.5 Å². The molecule has 5 rings (SSSR count). The van der Waals surface area contributed by atoms with Crippen molar-refractivity contribution in [3.8, 4) is 28.3 Å². The zero-order valence-electron chi connectivity index (χ0n) is 19.3. The molecule has 0 radical (unpaired) electrons. The molecule has 5 nitrogen and oxygen atoms in total. The van der Waals surface area contributed by atoms with Gasteiger partial charge in [-0.15, -0.1) is 0 Å². The van der Waals surface area contributed by atoms with E-state index in [-0.39, 0.29) is 5.91 Å². The highest BCUT2D eigenvalue weighted by Gasteiger charge is 2.12. The summed E-state index contributed by atoms with van der Waals surface area (Å²) in [5.74, 6) is 0.698. The first-order valence-corrected chi connectivity index (χ1v) is 12.0. The predicted octanol–water partition coefficient (Wildman–Crippen LogP) is 7.78. The number of hydrogen-bond donors (Lipinski definition) is 1. The number of furan rings is 1. The van der Waals surface area contributed by atoms with Crippen LogP contribution >= 0.6 is 23.2 Å². The van der Waals surface area contributed by atoms with Crippen LogP contribution in [-0.4, -0.2) is 16.7 Å². The number of hydrogen-bond acceptors (Lipinski definition) is 3. The maximum Gasteiger partial charge on any atom is 0.271 e. The highest BCUT2D eigenvalue weighted by Crippen LogP contribution is 2.31. The average Bonchev–Trinajstić information content (AvgIpc) is 3.53. The predicted molar refractivity (Wildman–Crippen MR) is 145 cm³/mol. The summed E-state index contributed by atoms with van der Waals surface area (Å²) in [6.45, 7) is 2.06. The Balaban J connectivity index is 1.27. The van der Waals surface area contributed by atoms with Crippen LogP contribution in [0.4, 0.5) is 0 Å². The molecule has 0 bridgehead atoms. The summed E-state index contributed by atoms with van der Waals surface area (Å²) >= 11 is 12.3. The Morgan fingerprint density at radius 1 is 0.917 bits per heavy atom. The molecule has 0 aliphatic rings. The molecule has 1 N–H and O–H groups in total. The zero-order chi connectivity index (χ0) is 25.1. The number of carbonyl (C=O) groups is 1. The van der Waals surface area contributed by atoms with Crippen LogP contribution in [0.25, 0.3) is 28.3 Å². The average molecular weight is 514 g/mol. The maximum atomic E-state index is 12.6. The lowest BCUT2D eigenvalue weighted by Crippen LogP contribution is -2.17. The molecule has 3 aromatic carbocycles. The number of rotatable bonds is 6. The summed E-state index contributed by atoms with van der Waals surface area (Å²) in [6.07, 6.45) is 1.43. The molecule has 36 heavy (non-hydrogen) atoms. The van der Waals surface area contributed by atoms with E-state index in [0.29, 0.717) is 32.7 Å². The van der Waals surface area contributed by atoms with Gasteiger partial charge in [0.2, 0.25) is 0 Å². The second-order valence-electron chi connectivity index (χ2n) is 8.13. The van der Waals surface area contributed by atoms with Gasteiger partial charge in [-0.1, -0.05) is 53.5 Å². The first-order valence-electron chi connectivity index (χ1n) is 11.2. The van der Waals surface area contributed by atoms with Gasteiger partial charge in [-0.3, -0.25) is 4.79 Å². The molecule has 0 aliphatic carbocycles. The Morgan fingerprint density at radius 3 is 2.47 bits per heavy atom. The number of nitrogens with one attached hydrogen (secondary N) is 1. The number of nitrogens with zero attached hydrogens (tertiary/aromatic N) is 2. The van der Waals surface area contributed by atoms with E-state index in [4.69, 9.17) is 27.6 Å². The number of carbonyl (C=O) groups excluding carboxylic acids is 1. The van der Waals surface area contributed by atoms with Gasteiger partial charge < -0.3 is 8.98 Å². The summed E-state index contributed by atoms with van der Waals surface area (Å²) in [5, 5.41) is 5.11. The van der Waals surface area contributed by atoms with E-state index in [9.17, 15) is 4.79 Å². The fourth-order valence-electron chi connectivity index (χ4n) is 3.95. The van der Waals surface area contributed by atoms with Gasteiger partial charge in [0.25, 0.3) is 5.91 Å². The van der Waals surface area contributed by atoms with Crippen LogP contribution in [0.1, 0.15) is 21.8 Å². The molecular weight excluding hydrogens is 493 g/mol. The summed E-state index contributed by atoms with van der Waals surface area (Å²) in [4.78, 5) is 12.6.